The van der Waals surface area contributed by atoms with E-state index in [1.807, 2.05) is 0 Å². The Morgan fingerprint density at radius 1 is 1.27 bits per heavy atom. The topological polar surface area (TPSA) is 51.8 Å². The predicted octanol–water partition coefficient (Wildman–Crippen LogP) is 2.63. The minimum atomic E-state index is -0.535. The minimum absolute atomic E-state index is 0.365. The van der Waals surface area contributed by atoms with Gasteiger partial charge in [-0.25, -0.2) is 9.97 Å². The van der Waals surface area contributed by atoms with Crippen molar-refractivity contribution < 1.29 is 4.39 Å². The van der Waals surface area contributed by atoms with E-state index in [-0.39, 0.29) is 0 Å². The normalized spacial score (nSPS) is 10.3. The van der Waals surface area contributed by atoms with Gasteiger partial charge in [0, 0.05) is 28.5 Å². The Morgan fingerprint density at radius 2 is 2.07 bits per heavy atom. The average molecular weight is 268 g/mol. The number of anilines is 1. The molecule has 3 nitrogen and oxygen atoms in total. The minimum Gasteiger partial charge on any atom is -0.383 e. The SMILES string of the molecule is Nc1ncc(Br)cc1-c1ccnc(F)c1. The van der Waals surface area contributed by atoms with E-state index in [0.717, 1.165) is 4.47 Å². The van der Waals surface area contributed by atoms with Gasteiger partial charge in [0.25, 0.3) is 0 Å². The largest absolute Gasteiger partial charge is 0.383 e. The van der Waals surface area contributed by atoms with Gasteiger partial charge in [-0.1, -0.05) is 0 Å². The molecule has 0 unspecified atom stereocenters. The van der Waals surface area contributed by atoms with E-state index in [0.29, 0.717) is 16.9 Å². The molecule has 0 atom stereocenters. The van der Waals surface area contributed by atoms with Crippen LogP contribution in [0.15, 0.2) is 35.1 Å². The molecule has 0 amide bonds. The second kappa shape index (κ2) is 3.94. The van der Waals surface area contributed by atoms with Gasteiger partial charge in [0.05, 0.1) is 0 Å². The maximum Gasteiger partial charge on any atom is 0.213 e. The van der Waals surface area contributed by atoms with E-state index in [1.54, 1.807) is 18.3 Å². The Balaban J connectivity index is 2.58. The molecule has 0 radical (unpaired) electrons. The molecule has 0 aliphatic carbocycles. The Morgan fingerprint density at radius 3 is 2.80 bits per heavy atom. The van der Waals surface area contributed by atoms with E-state index in [1.165, 1.54) is 12.3 Å². The van der Waals surface area contributed by atoms with Crippen molar-refractivity contribution >= 4 is 21.7 Å². The summed E-state index contributed by atoms with van der Waals surface area (Å²) in [7, 11) is 0. The van der Waals surface area contributed by atoms with Gasteiger partial charge in [-0.05, 0) is 33.6 Å². The van der Waals surface area contributed by atoms with Gasteiger partial charge >= 0.3 is 0 Å². The number of halogens is 2. The van der Waals surface area contributed by atoms with Crippen molar-refractivity contribution in [2.45, 2.75) is 0 Å². The van der Waals surface area contributed by atoms with E-state index in [4.69, 9.17) is 5.73 Å². The maximum atomic E-state index is 12.9. The highest BCUT2D eigenvalue weighted by atomic mass is 79.9. The number of rotatable bonds is 1. The average Bonchev–Trinajstić information content (AvgIpc) is 2.22. The van der Waals surface area contributed by atoms with Crippen LogP contribution in [0.25, 0.3) is 11.1 Å². The second-order valence-corrected chi connectivity index (χ2v) is 3.87. The molecule has 0 aliphatic heterocycles. The van der Waals surface area contributed by atoms with E-state index in [2.05, 4.69) is 25.9 Å². The zero-order valence-electron chi connectivity index (χ0n) is 7.61. The van der Waals surface area contributed by atoms with Gasteiger partial charge in [-0.15, -0.1) is 0 Å². The van der Waals surface area contributed by atoms with Crippen LogP contribution < -0.4 is 5.73 Å². The van der Waals surface area contributed by atoms with Crippen LogP contribution in [0.2, 0.25) is 0 Å². The highest BCUT2D eigenvalue weighted by Gasteiger charge is 2.05. The summed E-state index contributed by atoms with van der Waals surface area (Å²) >= 11 is 3.28. The van der Waals surface area contributed by atoms with E-state index in [9.17, 15) is 4.39 Å². The second-order valence-electron chi connectivity index (χ2n) is 2.95. The van der Waals surface area contributed by atoms with Gasteiger partial charge in [-0.3, -0.25) is 0 Å². The summed E-state index contributed by atoms with van der Waals surface area (Å²) in [5.41, 5.74) is 7.04. The molecular weight excluding hydrogens is 261 g/mol. The van der Waals surface area contributed by atoms with E-state index >= 15 is 0 Å². The van der Waals surface area contributed by atoms with Crippen LogP contribution in [-0.2, 0) is 0 Å². The number of nitrogens with zero attached hydrogens (tertiary/aromatic N) is 2. The molecule has 2 N–H and O–H groups in total. The third kappa shape index (κ3) is 2.12. The van der Waals surface area contributed by atoms with Crippen LogP contribution >= 0.6 is 15.9 Å². The molecule has 0 aromatic carbocycles. The number of aromatic nitrogens is 2. The first-order valence-electron chi connectivity index (χ1n) is 4.20. The molecule has 2 aromatic heterocycles. The Bertz CT molecular complexity index is 502. The van der Waals surface area contributed by atoms with Crippen LogP contribution in [0.3, 0.4) is 0 Å². The third-order valence-electron chi connectivity index (χ3n) is 1.92. The Kier molecular flexibility index (Phi) is 2.64. The summed E-state index contributed by atoms with van der Waals surface area (Å²) in [6, 6.07) is 4.79. The molecule has 2 heterocycles. The van der Waals surface area contributed by atoms with E-state index < -0.39 is 5.95 Å². The molecule has 15 heavy (non-hydrogen) atoms. The molecule has 0 spiro atoms. The molecular formula is C10H7BrFN3. The third-order valence-corrected chi connectivity index (χ3v) is 2.36. The van der Waals surface area contributed by atoms with Crippen LogP contribution in [0.1, 0.15) is 0 Å². The fraction of sp³-hybridized carbons (Fsp3) is 0. The molecule has 0 saturated carbocycles. The maximum absolute atomic E-state index is 12.9. The lowest BCUT2D eigenvalue weighted by atomic mass is 10.1. The summed E-state index contributed by atoms with van der Waals surface area (Å²) < 4.78 is 13.7. The molecule has 76 valence electrons. The molecule has 0 fully saturated rings. The number of hydrogen-bond donors (Lipinski definition) is 1. The van der Waals surface area contributed by atoms with Gasteiger partial charge in [0.1, 0.15) is 5.82 Å². The van der Waals surface area contributed by atoms with Crippen molar-refractivity contribution in [1.29, 1.82) is 0 Å². The standard InChI is InChI=1S/C10H7BrFN3/c11-7-4-8(10(13)15-5-7)6-1-2-14-9(12)3-6/h1-5H,(H2,13,15). The lowest BCUT2D eigenvalue weighted by Gasteiger charge is -2.04. The van der Waals surface area contributed by atoms with Gasteiger partial charge < -0.3 is 5.73 Å². The van der Waals surface area contributed by atoms with Crippen LogP contribution in [-0.4, -0.2) is 9.97 Å². The molecule has 0 bridgehead atoms. The zero-order valence-corrected chi connectivity index (χ0v) is 9.20. The highest BCUT2D eigenvalue weighted by Crippen LogP contribution is 2.26. The number of nitrogens with two attached hydrogens (primary N) is 1. The summed E-state index contributed by atoms with van der Waals surface area (Å²) in [6.45, 7) is 0. The Labute approximate surface area is 94.3 Å². The zero-order chi connectivity index (χ0) is 10.8. The molecule has 2 rings (SSSR count). The Hall–Kier alpha value is -1.49. The number of hydrogen-bond acceptors (Lipinski definition) is 3. The summed E-state index contributed by atoms with van der Waals surface area (Å²) in [6.07, 6.45) is 2.99. The molecule has 2 aromatic rings. The molecule has 0 saturated heterocycles. The van der Waals surface area contributed by atoms with Crippen molar-refractivity contribution in [2.24, 2.45) is 0 Å². The lowest BCUT2D eigenvalue weighted by Crippen LogP contribution is -1.94. The summed E-state index contributed by atoms with van der Waals surface area (Å²) in [5.74, 6) is -0.171. The van der Waals surface area contributed by atoms with Crippen molar-refractivity contribution in [2.75, 3.05) is 5.73 Å². The van der Waals surface area contributed by atoms with Gasteiger partial charge in [0.15, 0.2) is 0 Å². The van der Waals surface area contributed by atoms with Gasteiger partial charge in [-0.2, -0.15) is 4.39 Å². The van der Waals surface area contributed by atoms with Crippen LogP contribution in [0.5, 0.6) is 0 Å². The summed E-state index contributed by atoms with van der Waals surface area (Å²) in [5, 5.41) is 0. The summed E-state index contributed by atoms with van der Waals surface area (Å²) in [4.78, 5) is 7.45. The smallest absolute Gasteiger partial charge is 0.213 e. The fourth-order valence-electron chi connectivity index (χ4n) is 1.25. The quantitative estimate of drug-likeness (QED) is 0.809. The fourth-order valence-corrected chi connectivity index (χ4v) is 1.58. The van der Waals surface area contributed by atoms with Crippen molar-refractivity contribution in [3.8, 4) is 11.1 Å². The number of pyridine rings is 2. The first-order valence-corrected chi connectivity index (χ1v) is 4.99. The monoisotopic (exact) mass is 267 g/mol. The highest BCUT2D eigenvalue weighted by molar-refractivity contribution is 9.10. The van der Waals surface area contributed by atoms with Crippen molar-refractivity contribution in [3.05, 3.63) is 41.0 Å². The number of nitrogen functional groups attached to an aromatic ring is 1. The predicted molar refractivity (Wildman–Crippen MR) is 59.5 cm³/mol. The van der Waals surface area contributed by atoms with Crippen molar-refractivity contribution in [3.63, 3.8) is 0 Å². The lowest BCUT2D eigenvalue weighted by molar-refractivity contribution is 0.584. The first-order chi connectivity index (χ1) is 7.16. The molecule has 0 aliphatic rings. The first kappa shape index (κ1) is 10.0. The van der Waals surface area contributed by atoms with Gasteiger partial charge in [0.2, 0.25) is 5.95 Å². The van der Waals surface area contributed by atoms with Crippen LogP contribution in [0.4, 0.5) is 10.2 Å². The van der Waals surface area contributed by atoms with Crippen molar-refractivity contribution in [1.82, 2.24) is 9.97 Å². The van der Waals surface area contributed by atoms with Crippen LogP contribution in [0, 0.1) is 5.95 Å². The molecule has 5 heteroatoms.